The van der Waals surface area contributed by atoms with Crippen molar-refractivity contribution in [3.63, 3.8) is 0 Å². The van der Waals surface area contributed by atoms with Crippen LogP contribution in [-0.4, -0.2) is 47.8 Å². The van der Waals surface area contributed by atoms with E-state index in [0.717, 1.165) is 12.8 Å². The van der Waals surface area contributed by atoms with Gasteiger partial charge >= 0.3 is 6.18 Å². The van der Waals surface area contributed by atoms with E-state index in [4.69, 9.17) is 32.8 Å². The Hall–Kier alpha value is -2.59. The van der Waals surface area contributed by atoms with Gasteiger partial charge in [-0.15, -0.1) is 10.2 Å². The van der Waals surface area contributed by atoms with Gasteiger partial charge in [0.15, 0.2) is 12.3 Å². The van der Waals surface area contributed by atoms with Gasteiger partial charge in [0, 0.05) is 5.56 Å². The van der Waals surface area contributed by atoms with E-state index in [1.54, 1.807) is 0 Å². The maximum atomic E-state index is 12.8. The molecule has 1 aliphatic rings. The van der Waals surface area contributed by atoms with E-state index in [1.807, 2.05) is 0 Å². The van der Waals surface area contributed by atoms with Crippen LogP contribution in [0.25, 0.3) is 11.1 Å². The van der Waals surface area contributed by atoms with Crippen LogP contribution in [0.1, 0.15) is 36.2 Å². The largest absolute Gasteiger partial charge is 0.467 e. The van der Waals surface area contributed by atoms with E-state index in [0.29, 0.717) is 24.1 Å². The Kier molecular flexibility index (Phi) is 7.78. The SMILES string of the molecule is CON=C1CCCC[C@@H]1NC(=O)c1cc(-c2ccc(Cl)c(Cl)c2)c(OCC(F)(F)F)nn1. The molecule has 1 N–H and O–H groups in total. The number of benzene rings is 1. The zero-order valence-corrected chi connectivity index (χ0v) is 18.4. The van der Waals surface area contributed by atoms with Gasteiger partial charge in [-0.05, 0) is 43.0 Å². The maximum absolute atomic E-state index is 12.8. The van der Waals surface area contributed by atoms with Crippen molar-refractivity contribution in [2.45, 2.75) is 37.9 Å². The summed E-state index contributed by atoms with van der Waals surface area (Å²) in [5.41, 5.74) is 1.07. The van der Waals surface area contributed by atoms with Crippen LogP contribution in [0.15, 0.2) is 29.4 Å². The zero-order chi connectivity index (χ0) is 23.3. The van der Waals surface area contributed by atoms with E-state index in [9.17, 15) is 18.0 Å². The molecule has 0 aliphatic heterocycles. The first-order valence-corrected chi connectivity index (χ1v) is 10.4. The summed E-state index contributed by atoms with van der Waals surface area (Å²) < 4.78 is 42.8. The first-order valence-electron chi connectivity index (χ1n) is 9.61. The van der Waals surface area contributed by atoms with Crippen LogP contribution in [0.3, 0.4) is 0 Å². The van der Waals surface area contributed by atoms with Crippen LogP contribution in [0.2, 0.25) is 10.0 Å². The summed E-state index contributed by atoms with van der Waals surface area (Å²) in [6.07, 6.45) is -1.39. The second-order valence-corrected chi connectivity index (χ2v) is 7.83. The third-order valence-corrected chi connectivity index (χ3v) is 5.43. The molecule has 0 bridgehead atoms. The summed E-state index contributed by atoms with van der Waals surface area (Å²) in [5.74, 6) is -0.951. The predicted octanol–water partition coefficient (Wildman–Crippen LogP) is 5.07. The Balaban J connectivity index is 1.92. The van der Waals surface area contributed by atoms with Crippen molar-refractivity contribution < 1.29 is 27.5 Å². The van der Waals surface area contributed by atoms with E-state index in [-0.39, 0.29) is 27.3 Å². The number of ether oxygens (including phenoxy) is 1. The molecule has 1 aromatic carbocycles. The lowest BCUT2D eigenvalue weighted by Crippen LogP contribution is -2.43. The maximum Gasteiger partial charge on any atom is 0.422 e. The quantitative estimate of drug-likeness (QED) is 0.571. The van der Waals surface area contributed by atoms with Crippen LogP contribution >= 0.6 is 23.2 Å². The van der Waals surface area contributed by atoms with Crippen LogP contribution in [0.4, 0.5) is 13.2 Å². The molecule has 1 heterocycles. The molecular weight excluding hydrogens is 472 g/mol. The lowest BCUT2D eigenvalue weighted by Gasteiger charge is -2.24. The third kappa shape index (κ3) is 6.23. The molecule has 0 unspecified atom stereocenters. The predicted molar refractivity (Wildman–Crippen MR) is 113 cm³/mol. The molecule has 1 fully saturated rings. The molecule has 7 nitrogen and oxygen atoms in total. The van der Waals surface area contributed by atoms with E-state index in [2.05, 4.69) is 20.7 Å². The van der Waals surface area contributed by atoms with Gasteiger partial charge in [-0.25, -0.2) is 0 Å². The number of nitrogens with one attached hydrogen (secondary N) is 1. The number of hydrogen-bond donors (Lipinski definition) is 1. The normalized spacial score (nSPS) is 17.8. The van der Waals surface area contributed by atoms with Gasteiger partial charge < -0.3 is 14.9 Å². The number of carbonyl (C=O) groups is 1. The molecule has 0 saturated heterocycles. The molecule has 0 spiro atoms. The van der Waals surface area contributed by atoms with Gasteiger partial charge in [0.05, 0.1) is 21.8 Å². The number of nitrogens with zero attached hydrogens (tertiary/aromatic N) is 3. The van der Waals surface area contributed by atoms with Gasteiger partial charge in [0.1, 0.15) is 7.11 Å². The number of halogens is 5. The van der Waals surface area contributed by atoms with Gasteiger partial charge in [-0.1, -0.05) is 40.8 Å². The third-order valence-electron chi connectivity index (χ3n) is 4.69. The Bertz CT molecular complexity index is 1020. The Labute approximate surface area is 191 Å². The number of carbonyl (C=O) groups excluding carboxylic acids is 1. The topological polar surface area (TPSA) is 85.7 Å². The molecule has 3 rings (SSSR count). The molecule has 1 amide bonds. The second kappa shape index (κ2) is 10.4. The fourth-order valence-corrected chi connectivity index (χ4v) is 3.53. The molecular formula is C20H19Cl2F3N4O3. The first kappa shape index (κ1) is 24.1. The molecule has 1 atom stereocenters. The fourth-order valence-electron chi connectivity index (χ4n) is 3.23. The van der Waals surface area contributed by atoms with Crippen molar-refractivity contribution in [2.75, 3.05) is 13.7 Å². The average Bonchev–Trinajstić information content (AvgIpc) is 2.75. The Morgan fingerprint density at radius 2 is 2.00 bits per heavy atom. The smallest absolute Gasteiger partial charge is 0.422 e. The molecule has 1 aliphatic carbocycles. The summed E-state index contributed by atoms with van der Waals surface area (Å²) in [6, 6.07) is 5.39. The van der Waals surface area contributed by atoms with Gasteiger partial charge in [0.2, 0.25) is 5.88 Å². The minimum absolute atomic E-state index is 0.104. The molecule has 172 valence electrons. The molecule has 12 heteroatoms. The van der Waals surface area contributed by atoms with E-state index in [1.165, 1.54) is 31.4 Å². The Morgan fingerprint density at radius 1 is 1.22 bits per heavy atom. The van der Waals surface area contributed by atoms with Gasteiger partial charge in [-0.3, -0.25) is 4.79 Å². The molecule has 2 aromatic rings. The van der Waals surface area contributed by atoms with Crippen LogP contribution in [0, 0.1) is 0 Å². The summed E-state index contributed by atoms with van der Waals surface area (Å²) in [6.45, 7) is -1.57. The van der Waals surface area contributed by atoms with Crippen molar-refractivity contribution in [1.29, 1.82) is 0 Å². The Morgan fingerprint density at radius 3 is 2.69 bits per heavy atom. The highest BCUT2D eigenvalue weighted by Gasteiger charge is 2.30. The monoisotopic (exact) mass is 490 g/mol. The molecule has 0 radical (unpaired) electrons. The minimum Gasteiger partial charge on any atom is -0.467 e. The van der Waals surface area contributed by atoms with E-state index >= 15 is 0 Å². The van der Waals surface area contributed by atoms with Crippen molar-refractivity contribution in [3.8, 4) is 17.0 Å². The summed E-state index contributed by atoms with van der Waals surface area (Å²) in [7, 11) is 1.43. The van der Waals surface area contributed by atoms with Crippen molar-refractivity contribution in [2.24, 2.45) is 5.16 Å². The fraction of sp³-hybridized carbons (Fsp3) is 0.400. The van der Waals surface area contributed by atoms with E-state index < -0.39 is 24.6 Å². The summed E-state index contributed by atoms with van der Waals surface area (Å²) in [5, 5.41) is 14.7. The zero-order valence-electron chi connectivity index (χ0n) is 16.9. The lowest BCUT2D eigenvalue weighted by atomic mass is 9.93. The highest BCUT2D eigenvalue weighted by molar-refractivity contribution is 6.42. The molecule has 1 saturated carbocycles. The van der Waals surface area contributed by atoms with Crippen LogP contribution in [0.5, 0.6) is 5.88 Å². The number of rotatable bonds is 6. The summed E-state index contributed by atoms with van der Waals surface area (Å²) in [4.78, 5) is 17.7. The number of alkyl halides is 3. The summed E-state index contributed by atoms with van der Waals surface area (Å²) >= 11 is 12.0. The number of aromatic nitrogens is 2. The molecule has 1 aromatic heterocycles. The van der Waals surface area contributed by atoms with Crippen LogP contribution < -0.4 is 10.1 Å². The first-order chi connectivity index (χ1) is 15.2. The highest BCUT2D eigenvalue weighted by atomic mass is 35.5. The number of oxime groups is 1. The van der Waals surface area contributed by atoms with Crippen molar-refractivity contribution >= 4 is 34.8 Å². The van der Waals surface area contributed by atoms with Gasteiger partial charge in [0.25, 0.3) is 5.91 Å². The van der Waals surface area contributed by atoms with Crippen molar-refractivity contribution in [3.05, 3.63) is 40.0 Å². The standard InChI is InChI=1S/C20H19Cl2F3N4O3/c1-31-29-16-5-3-2-4-15(16)26-18(30)17-9-12(11-6-7-13(21)14(22)8-11)19(28-27-17)32-10-20(23,24)25/h6-9,15H,2-5,10H2,1H3,(H,26,30)/t15-/m0/s1. The highest BCUT2D eigenvalue weighted by Crippen LogP contribution is 2.33. The molecule has 32 heavy (non-hydrogen) atoms. The minimum atomic E-state index is -4.58. The lowest BCUT2D eigenvalue weighted by molar-refractivity contribution is -0.154. The average molecular weight is 491 g/mol. The number of hydrogen-bond acceptors (Lipinski definition) is 6. The second-order valence-electron chi connectivity index (χ2n) is 7.02. The van der Waals surface area contributed by atoms with Gasteiger partial charge in [-0.2, -0.15) is 13.2 Å². The number of amides is 1. The van der Waals surface area contributed by atoms with Crippen molar-refractivity contribution in [1.82, 2.24) is 15.5 Å². The van der Waals surface area contributed by atoms with Crippen LogP contribution in [-0.2, 0) is 4.84 Å².